The van der Waals surface area contributed by atoms with Crippen LogP contribution in [0.15, 0.2) is 14.2 Å². The Hall–Kier alpha value is -1.37. The first-order chi connectivity index (χ1) is 6.37. The maximum Gasteiger partial charge on any atom is 0.422 e. The minimum Gasteiger partial charge on any atom is -0.464 e. The van der Waals surface area contributed by atoms with E-state index in [1.165, 1.54) is 14.0 Å². The Morgan fingerprint density at radius 1 is 1.43 bits per heavy atom. The third-order valence-electron chi connectivity index (χ3n) is 1.80. The van der Waals surface area contributed by atoms with Gasteiger partial charge in [0.05, 0.1) is 4.60 Å². The van der Waals surface area contributed by atoms with Crippen LogP contribution in [-0.4, -0.2) is 20.3 Å². The number of aromatic nitrogens is 2. The van der Waals surface area contributed by atoms with Crippen LogP contribution < -0.4 is 11.2 Å². The van der Waals surface area contributed by atoms with E-state index in [0.717, 1.165) is 4.57 Å². The summed E-state index contributed by atoms with van der Waals surface area (Å²) >= 11 is 3.02. The molecule has 1 heterocycles. The molecule has 0 spiro atoms. The van der Waals surface area contributed by atoms with E-state index >= 15 is 0 Å². The molecule has 76 valence electrons. The average molecular weight is 263 g/mol. The van der Waals surface area contributed by atoms with Crippen molar-refractivity contribution >= 4 is 22.0 Å². The summed E-state index contributed by atoms with van der Waals surface area (Å²) in [5.74, 6) is 0. The molecule has 0 amide bonds. The maximum absolute atomic E-state index is 11.3. The molecule has 0 radical (unpaired) electrons. The van der Waals surface area contributed by atoms with Gasteiger partial charge in [-0.05, 0) is 22.9 Å². The SMILES string of the molecule is Cc1c(Br)n(C)c(=O)n(C(=O)O)c1=O. The number of hydrogen-bond acceptors (Lipinski definition) is 3. The van der Waals surface area contributed by atoms with Crippen LogP contribution in [0.5, 0.6) is 0 Å². The Bertz CT molecular complexity index is 476. The molecule has 6 nitrogen and oxygen atoms in total. The quantitative estimate of drug-likeness (QED) is 0.675. The summed E-state index contributed by atoms with van der Waals surface area (Å²) in [5.41, 5.74) is -1.54. The van der Waals surface area contributed by atoms with E-state index in [4.69, 9.17) is 5.11 Å². The molecule has 1 N–H and O–H groups in total. The van der Waals surface area contributed by atoms with E-state index in [0.29, 0.717) is 0 Å². The lowest BCUT2D eigenvalue weighted by Gasteiger charge is -2.06. The normalized spacial score (nSPS) is 10.2. The van der Waals surface area contributed by atoms with Gasteiger partial charge in [-0.1, -0.05) is 0 Å². The predicted molar refractivity (Wildman–Crippen MR) is 51.8 cm³/mol. The third kappa shape index (κ3) is 1.39. The molecule has 0 bridgehead atoms. The summed E-state index contributed by atoms with van der Waals surface area (Å²) in [6, 6.07) is 0. The lowest BCUT2D eigenvalue weighted by molar-refractivity contribution is 0.193. The van der Waals surface area contributed by atoms with Crippen LogP contribution in [0.1, 0.15) is 5.56 Å². The van der Waals surface area contributed by atoms with Crippen LogP contribution in [-0.2, 0) is 7.05 Å². The predicted octanol–water partition coefficient (Wildman–Crippen LogP) is 0.144. The van der Waals surface area contributed by atoms with Crippen molar-refractivity contribution in [3.8, 4) is 0 Å². The van der Waals surface area contributed by atoms with Gasteiger partial charge in [-0.2, -0.15) is 4.57 Å². The van der Waals surface area contributed by atoms with Crippen LogP contribution in [0.4, 0.5) is 4.79 Å². The lowest BCUT2D eigenvalue weighted by atomic mass is 10.4. The molecule has 0 aliphatic carbocycles. The highest BCUT2D eigenvalue weighted by Crippen LogP contribution is 2.07. The smallest absolute Gasteiger partial charge is 0.422 e. The van der Waals surface area contributed by atoms with Crippen molar-refractivity contribution in [1.82, 2.24) is 9.13 Å². The molecule has 0 aliphatic rings. The number of carbonyl (C=O) groups is 1. The van der Waals surface area contributed by atoms with Crippen molar-refractivity contribution in [2.45, 2.75) is 6.92 Å². The number of rotatable bonds is 0. The number of nitrogens with zero attached hydrogens (tertiary/aromatic N) is 2. The van der Waals surface area contributed by atoms with Crippen LogP contribution in [0.2, 0.25) is 0 Å². The van der Waals surface area contributed by atoms with Crippen molar-refractivity contribution in [3.05, 3.63) is 31.0 Å². The molecule has 0 saturated heterocycles. The summed E-state index contributed by atoms with van der Waals surface area (Å²) in [5, 5.41) is 8.62. The van der Waals surface area contributed by atoms with Gasteiger partial charge in [0.2, 0.25) is 0 Å². The molecule has 1 aromatic rings. The molecule has 14 heavy (non-hydrogen) atoms. The van der Waals surface area contributed by atoms with Gasteiger partial charge in [0.1, 0.15) is 0 Å². The van der Waals surface area contributed by atoms with Gasteiger partial charge < -0.3 is 5.11 Å². The Kier molecular flexibility index (Phi) is 2.61. The van der Waals surface area contributed by atoms with Crippen molar-refractivity contribution in [3.63, 3.8) is 0 Å². The Labute approximate surface area is 86.5 Å². The number of halogens is 1. The fraction of sp³-hybridized carbons (Fsp3) is 0.286. The second-order valence-corrected chi connectivity index (χ2v) is 3.43. The summed E-state index contributed by atoms with van der Waals surface area (Å²) in [6.07, 6.45) is -1.58. The minimum absolute atomic E-state index is 0.167. The third-order valence-corrected chi connectivity index (χ3v) is 2.92. The molecular formula is C7H7BrN2O4. The van der Waals surface area contributed by atoms with Crippen molar-refractivity contribution in [2.75, 3.05) is 0 Å². The van der Waals surface area contributed by atoms with E-state index in [9.17, 15) is 14.4 Å². The number of hydrogen-bond donors (Lipinski definition) is 1. The van der Waals surface area contributed by atoms with Crippen molar-refractivity contribution in [1.29, 1.82) is 0 Å². The van der Waals surface area contributed by atoms with Gasteiger partial charge in [0.25, 0.3) is 5.56 Å². The molecule has 1 rings (SSSR count). The zero-order valence-electron chi connectivity index (χ0n) is 7.44. The first kappa shape index (κ1) is 10.7. The highest BCUT2D eigenvalue weighted by Gasteiger charge is 2.16. The van der Waals surface area contributed by atoms with Crippen LogP contribution >= 0.6 is 15.9 Å². The van der Waals surface area contributed by atoms with Gasteiger partial charge in [0.15, 0.2) is 0 Å². The molecule has 0 aromatic carbocycles. The molecule has 7 heteroatoms. The maximum atomic E-state index is 11.3. The fourth-order valence-electron chi connectivity index (χ4n) is 0.997. The summed E-state index contributed by atoms with van der Waals surface area (Å²) in [4.78, 5) is 33.3. The van der Waals surface area contributed by atoms with Gasteiger partial charge in [-0.25, -0.2) is 9.59 Å². The molecular weight excluding hydrogens is 256 g/mol. The first-order valence-corrected chi connectivity index (χ1v) is 4.38. The van der Waals surface area contributed by atoms with Crippen molar-refractivity contribution in [2.24, 2.45) is 7.05 Å². The average Bonchev–Trinajstić information content (AvgIpc) is 2.11. The lowest BCUT2D eigenvalue weighted by Crippen LogP contribution is -2.43. The summed E-state index contributed by atoms with van der Waals surface area (Å²) < 4.78 is 1.50. The van der Waals surface area contributed by atoms with E-state index in [-0.39, 0.29) is 14.7 Å². The van der Waals surface area contributed by atoms with Crippen LogP contribution in [0.3, 0.4) is 0 Å². The van der Waals surface area contributed by atoms with Crippen LogP contribution in [0.25, 0.3) is 0 Å². The molecule has 0 unspecified atom stereocenters. The van der Waals surface area contributed by atoms with E-state index in [1.54, 1.807) is 0 Å². The fourth-order valence-corrected chi connectivity index (χ4v) is 1.32. The van der Waals surface area contributed by atoms with Crippen LogP contribution in [0, 0.1) is 6.92 Å². The molecule has 0 atom stereocenters. The zero-order chi connectivity index (χ0) is 11.0. The summed E-state index contributed by atoms with van der Waals surface area (Å²) in [7, 11) is 1.37. The van der Waals surface area contributed by atoms with Crippen molar-refractivity contribution < 1.29 is 9.90 Å². The monoisotopic (exact) mass is 262 g/mol. The van der Waals surface area contributed by atoms with E-state index in [2.05, 4.69) is 15.9 Å². The highest BCUT2D eigenvalue weighted by atomic mass is 79.9. The number of carboxylic acid groups (broad SMARTS) is 1. The zero-order valence-corrected chi connectivity index (χ0v) is 9.03. The van der Waals surface area contributed by atoms with E-state index < -0.39 is 17.3 Å². The largest absolute Gasteiger partial charge is 0.464 e. The van der Waals surface area contributed by atoms with E-state index in [1.807, 2.05) is 0 Å². The Morgan fingerprint density at radius 3 is 2.36 bits per heavy atom. The first-order valence-electron chi connectivity index (χ1n) is 3.59. The standard InChI is InChI=1S/C7H7BrN2O4/c1-3-4(8)9(2)6(12)10(5(3)11)7(13)14/h1-2H3,(H,13,14). The second-order valence-electron chi connectivity index (χ2n) is 2.68. The molecule has 0 fully saturated rings. The second kappa shape index (κ2) is 3.41. The summed E-state index contributed by atoms with van der Waals surface area (Å²) in [6.45, 7) is 1.44. The Morgan fingerprint density at radius 2 is 1.93 bits per heavy atom. The highest BCUT2D eigenvalue weighted by molar-refractivity contribution is 9.10. The molecule has 0 aliphatic heterocycles. The Balaban J connectivity index is 3.88. The minimum atomic E-state index is -1.58. The molecule has 1 aromatic heterocycles. The van der Waals surface area contributed by atoms with Gasteiger partial charge in [0, 0.05) is 12.6 Å². The molecule has 0 saturated carbocycles. The topological polar surface area (TPSA) is 81.3 Å². The van der Waals surface area contributed by atoms with Gasteiger partial charge >= 0.3 is 11.8 Å². The van der Waals surface area contributed by atoms with Gasteiger partial charge in [-0.3, -0.25) is 9.36 Å². The van der Waals surface area contributed by atoms with Gasteiger partial charge in [-0.15, -0.1) is 0 Å².